The zero-order valence-electron chi connectivity index (χ0n) is 19.6. The van der Waals surface area contributed by atoms with E-state index in [4.69, 9.17) is 6.42 Å². The summed E-state index contributed by atoms with van der Waals surface area (Å²) in [4.78, 5) is 0. The van der Waals surface area contributed by atoms with E-state index in [0.717, 1.165) is 24.0 Å². The van der Waals surface area contributed by atoms with Crippen LogP contribution in [0.1, 0.15) is 85.5 Å². The molecule has 0 saturated heterocycles. The summed E-state index contributed by atoms with van der Waals surface area (Å²) in [5, 5.41) is 21.7. The van der Waals surface area contributed by atoms with Crippen LogP contribution in [0.4, 0.5) is 8.78 Å². The van der Waals surface area contributed by atoms with Crippen molar-refractivity contribution in [1.82, 2.24) is 0 Å². The fraction of sp³-hybridized carbons (Fsp3) is 0.533. The normalized spacial score (nSPS) is 36.8. The molecule has 4 heteroatoms. The van der Waals surface area contributed by atoms with Crippen LogP contribution in [0.25, 0.3) is 0 Å². The number of rotatable bonds is 3. The van der Waals surface area contributed by atoms with Crippen LogP contribution in [0, 0.1) is 29.6 Å². The molecule has 2 aromatic rings. The van der Waals surface area contributed by atoms with Crippen molar-refractivity contribution in [1.29, 1.82) is 0 Å². The summed E-state index contributed by atoms with van der Waals surface area (Å²) in [6.07, 6.45) is 10.5. The lowest BCUT2D eigenvalue weighted by atomic mass is 9.48. The number of aliphatic hydroxyl groups is 1. The van der Waals surface area contributed by atoms with Gasteiger partial charge >= 0.3 is 5.92 Å². The van der Waals surface area contributed by atoms with Crippen LogP contribution in [0.3, 0.4) is 0 Å². The summed E-state index contributed by atoms with van der Waals surface area (Å²) in [5.74, 6) is -0.653. The second-order valence-electron chi connectivity index (χ2n) is 11.5. The van der Waals surface area contributed by atoms with Crippen molar-refractivity contribution in [3.63, 3.8) is 0 Å². The number of fused-ring (bicyclic) bond motifs is 5. The molecule has 2 unspecified atom stereocenters. The van der Waals surface area contributed by atoms with Gasteiger partial charge in [0, 0.05) is 5.41 Å². The Morgan fingerprint density at radius 2 is 1.74 bits per heavy atom. The van der Waals surface area contributed by atoms with Gasteiger partial charge < -0.3 is 10.2 Å². The molecule has 0 heterocycles. The first-order chi connectivity index (χ1) is 16.2. The summed E-state index contributed by atoms with van der Waals surface area (Å²) in [6.45, 7) is 1.87. The maximum atomic E-state index is 15.1. The number of benzene rings is 2. The van der Waals surface area contributed by atoms with Crippen LogP contribution in [-0.2, 0) is 6.42 Å². The van der Waals surface area contributed by atoms with E-state index in [1.807, 2.05) is 19.1 Å². The third-order valence-corrected chi connectivity index (χ3v) is 9.98. The minimum Gasteiger partial charge on any atom is -0.508 e. The Balaban J connectivity index is 1.48. The fourth-order valence-corrected chi connectivity index (χ4v) is 8.09. The van der Waals surface area contributed by atoms with Gasteiger partial charge in [-0.15, -0.1) is 6.42 Å². The summed E-state index contributed by atoms with van der Waals surface area (Å²) in [5.41, 5.74) is 1.71. The fourth-order valence-electron chi connectivity index (χ4n) is 8.09. The van der Waals surface area contributed by atoms with Gasteiger partial charge in [-0.3, -0.25) is 0 Å². The van der Waals surface area contributed by atoms with Gasteiger partial charge in [0.25, 0.3) is 0 Å². The zero-order valence-corrected chi connectivity index (χ0v) is 19.6. The first kappa shape index (κ1) is 22.1. The number of halogens is 2. The van der Waals surface area contributed by atoms with Crippen LogP contribution in [0.15, 0.2) is 42.5 Å². The number of terminal acetylenes is 1. The lowest BCUT2D eigenvalue weighted by Gasteiger charge is -2.57. The zero-order chi connectivity index (χ0) is 23.9. The average molecular weight is 463 g/mol. The average Bonchev–Trinajstić information content (AvgIpc) is 3.64. The largest absolute Gasteiger partial charge is 0.508 e. The second-order valence-corrected chi connectivity index (χ2v) is 11.5. The minimum absolute atomic E-state index is 0.00120. The third-order valence-electron chi connectivity index (χ3n) is 9.98. The van der Waals surface area contributed by atoms with E-state index in [-0.39, 0.29) is 35.8 Å². The lowest BCUT2D eigenvalue weighted by molar-refractivity contribution is -0.214. The third kappa shape index (κ3) is 2.95. The van der Waals surface area contributed by atoms with Crippen LogP contribution >= 0.6 is 0 Å². The highest BCUT2D eigenvalue weighted by molar-refractivity contribution is 5.44. The van der Waals surface area contributed by atoms with E-state index >= 15 is 8.78 Å². The van der Waals surface area contributed by atoms with E-state index in [1.165, 1.54) is 24.0 Å². The quantitative estimate of drug-likeness (QED) is 0.510. The van der Waals surface area contributed by atoms with Crippen molar-refractivity contribution in [2.75, 3.05) is 0 Å². The first-order valence-corrected chi connectivity index (χ1v) is 12.7. The van der Waals surface area contributed by atoms with Gasteiger partial charge in [0.1, 0.15) is 11.4 Å². The molecule has 2 aromatic carbocycles. The second kappa shape index (κ2) is 7.31. The van der Waals surface area contributed by atoms with Crippen LogP contribution in [-0.4, -0.2) is 21.7 Å². The molecule has 4 aliphatic rings. The smallest absolute Gasteiger partial charge is 0.336 e. The molecule has 6 atom stereocenters. The Labute approximate surface area is 200 Å². The highest BCUT2D eigenvalue weighted by atomic mass is 19.3. The molecule has 0 spiro atoms. The van der Waals surface area contributed by atoms with Crippen molar-refractivity contribution in [2.45, 2.75) is 81.1 Å². The van der Waals surface area contributed by atoms with Gasteiger partial charge in [-0.25, -0.2) is 0 Å². The number of phenols is 1. The highest BCUT2D eigenvalue weighted by Crippen LogP contribution is 2.70. The number of aryl methyl sites for hydroxylation is 1. The van der Waals surface area contributed by atoms with Gasteiger partial charge in [-0.05, 0) is 115 Å². The molecule has 2 nitrogen and oxygen atoms in total. The molecular formula is C30H32F2O2. The number of hydrogen-bond acceptors (Lipinski definition) is 2. The van der Waals surface area contributed by atoms with E-state index in [2.05, 4.69) is 24.3 Å². The number of alkyl halides is 2. The monoisotopic (exact) mass is 462 g/mol. The molecular weight excluding hydrogens is 430 g/mol. The molecule has 34 heavy (non-hydrogen) atoms. The Morgan fingerprint density at radius 1 is 1.03 bits per heavy atom. The molecule has 178 valence electrons. The summed E-state index contributed by atoms with van der Waals surface area (Å²) in [7, 11) is 0. The molecule has 4 aliphatic carbocycles. The number of phenolic OH excluding ortho intramolecular Hbond substituents is 1. The summed E-state index contributed by atoms with van der Waals surface area (Å²) < 4.78 is 30.3. The van der Waals surface area contributed by atoms with Crippen LogP contribution < -0.4 is 0 Å². The predicted octanol–water partition coefficient (Wildman–Crippen LogP) is 6.52. The number of hydrogen-bond donors (Lipinski definition) is 2. The van der Waals surface area contributed by atoms with E-state index in [9.17, 15) is 10.2 Å². The van der Waals surface area contributed by atoms with Gasteiger partial charge in [0.2, 0.25) is 0 Å². The molecule has 0 aliphatic heterocycles. The highest BCUT2D eigenvalue weighted by Gasteiger charge is 2.71. The summed E-state index contributed by atoms with van der Waals surface area (Å²) in [6, 6.07) is 14.4. The van der Waals surface area contributed by atoms with Gasteiger partial charge in [-0.2, -0.15) is 8.78 Å². The Hall–Kier alpha value is -2.38. The standard InChI is InChI=1S/C30H32F2O2/c1-3-30(31,32)29(34)15-14-26-24-12-10-21-16-22(33)11-13-23(21)27(24)25(17-28(26,29)2)20-8-6-19(7-9-20)18-4-5-18/h1,6-9,11,13,16,18,24-27,33-34H,4-5,10,12,14-15,17H2,2H3/t24-,25?,26-,27?,28-,29-/m0/s1. The molecule has 2 N–H and O–H groups in total. The van der Waals surface area contributed by atoms with E-state index in [1.54, 1.807) is 12.0 Å². The first-order valence-electron chi connectivity index (χ1n) is 12.7. The van der Waals surface area contributed by atoms with E-state index < -0.39 is 16.9 Å². The Morgan fingerprint density at radius 3 is 2.41 bits per heavy atom. The minimum atomic E-state index is -3.57. The van der Waals surface area contributed by atoms with Gasteiger partial charge in [0.15, 0.2) is 0 Å². The van der Waals surface area contributed by atoms with Crippen molar-refractivity contribution >= 4 is 0 Å². The predicted molar refractivity (Wildman–Crippen MR) is 128 cm³/mol. The van der Waals surface area contributed by atoms with Crippen molar-refractivity contribution in [2.24, 2.45) is 17.3 Å². The van der Waals surface area contributed by atoms with Crippen LogP contribution in [0.2, 0.25) is 0 Å². The molecule has 0 amide bonds. The molecule has 3 fully saturated rings. The topological polar surface area (TPSA) is 40.5 Å². The Kier molecular flexibility index (Phi) is 4.75. The SMILES string of the molecule is C#CC(F)(F)[C@]1(O)CC[C@H]2[C@@H]3CCc4cc(O)ccc4C3C(c3ccc(C4CC4)cc3)C[C@@]21C. The maximum absolute atomic E-state index is 15.1. The van der Waals surface area contributed by atoms with Crippen molar-refractivity contribution in [3.05, 3.63) is 64.7 Å². The van der Waals surface area contributed by atoms with Gasteiger partial charge in [0.05, 0.1) is 0 Å². The van der Waals surface area contributed by atoms with Crippen molar-refractivity contribution < 1.29 is 19.0 Å². The maximum Gasteiger partial charge on any atom is 0.336 e. The lowest BCUT2D eigenvalue weighted by Crippen LogP contribution is -2.60. The molecule has 0 bridgehead atoms. The van der Waals surface area contributed by atoms with Crippen LogP contribution in [0.5, 0.6) is 5.75 Å². The van der Waals surface area contributed by atoms with E-state index in [0.29, 0.717) is 18.8 Å². The Bertz CT molecular complexity index is 1160. The molecule has 6 rings (SSSR count). The molecule has 3 saturated carbocycles. The summed E-state index contributed by atoms with van der Waals surface area (Å²) >= 11 is 0. The number of aromatic hydroxyl groups is 1. The van der Waals surface area contributed by atoms with Gasteiger partial charge in [-0.1, -0.05) is 37.3 Å². The molecule has 0 aromatic heterocycles. The van der Waals surface area contributed by atoms with Crippen molar-refractivity contribution in [3.8, 4) is 18.1 Å². The molecule has 0 radical (unpaired) electrons.